The van der Waals surface area contributed by atoms with Gasteiger partial charge in [0.25, 0.3) is 11.8 Å². The summed E-state index contributed by atoms with van der Waals surface area (Å²) < 4.78 is 26.3. The van der Waals surface area contributed by atoms with Crippen molar-refractivity contribution in [1.29, 1.82) is 0 Å². The zero-order valence-corrected chi connectivity index (χ0v) is 20.2. The Morgan fingerprint density at radius 2 is 1.97 bits per heavy atom. The number of carbonyl (C=O) groups excluding carboxylic acids is 1. The standard InChI is InChI=1S/C26H22FN7O3/c1-14(27)24(35)29-16-9-10-22(36-4)20(11-16)30-26-28-12-18(25-33-32-15(2)37-25)23(31-26)19-13-34(3)21-8-6-5-7-17(19)21/h5-13H,1H2,2-4H3,(H,29,35)(H,28,30,31). The van der Waals surface area contributed by atoms with Gasteiger partial charge in [0.15, 0.2) is 5.83 Å². The number of carbonyl (C=O) groups is 1. The number of aromatic nitrogens is 5. The second-order valence-electron chi connectivity index (χ2n) is 8.15. The molecular weight excluding hydrogens is 477 g/mol. The third-order valence-corrected chi connectivity index (χ3v) is 5.65. The van der Waals surface area contributed by atoms with Gasteiger partial charge in [-0.05, 0) is 24.3 Å². The number of halogens is 1. The number of aryl methyl sites for hydroxylation is 2. The summed E-state index contributed by atoms with van der Waals surface area (Å²) in [6, 6.07) is 12.7. The van der Waals surface area contributed by atoms with E-state index < -0.39 is 11.7 Å². The number of hydrogen-bond acceptors (Lipinski definition) is 8. The first-order valence-corrected chi connectivity index (χ1v) is 11.2. The predicted octanol–water partition coefficient (Wildman–Crippen LogP) is 5.17. The van der Waals surface area contributed by atoms with Crippen LogP contribution in [0.5, 0.6) is 5.75 Å². The Hall–Kier alpha value is -5.06. The summed E-state index contributed by atoms with van der Waals surface area (Å²) in [5, 5.41) is 14.7. The fourth-order valence-electron chi connectivity index (χ4n) is 3.94. The molecule has 2 aromatic carbocycles. The van der Waals surface area contributed by atoms with Crippen LogP contribution >= 0.6 is 0 Å². The summed E-state index contributed by atoms with van der Waals surface area (Å²) in [4.78, 5) is 21.0. The Labute approximate surface area is 210 Å². The van der Waals surface area contributed by atoms with Crippen molar-refractivity contribution in [2.24, 2.45) is 7.05 Å². The lowest BCUT2D eigenvalue weighted by Crippen LogP contribution is -2.11. The molecule has 2 N–H and O–H groups in total. The van der Waals surface area contributed by atoms with Crippen molar-refractivity contribution in [3.8, 4) is 28.5 Å². The maximum atomic E-state index is 13.2. The van der Waals surface area contributed by atoms with Gasteiger partial charge in [-0.3, -0.25) is 4.79 Å². The molecule has 37 heavy (non-hydrogen) atoms. The average Bonchev–Trinajstić information content (AvgIpc) is 3.47. The van der Waals surface area contributed by atoms with Crippen LogP contribution in [-0.4, -0.2) is 37.7 Å². The van der Waals surface area contributed by atoms with E-state index in [-0.39, 0.29) is 5.95 Å². The van der Waals surface area contributed by atoms with E-state index in [0.717, 1.165) is 16.5 Å². The number of fused-ring (bicyclic) bond motifs is 1. The summed E-state index contributed by atoms with van der Waals surface area (Å²) in [5.41, 5.74) is 3.81. The third kappa shape index (κ3) is 4.61. The maximum Gasteiger partial charge on any atom is 0.283 e. The molecule has 0 radical (unpaired) electrons. The molecule has 11 heteroatoms. The molecule has 5 aromatic rings. The van der Waals surface area contributed by atoms with Crippen LogP contribution in [0.15, 0.2) is 71.7 Å². The van der Waals surface area contributed by atoms with Gasteiger partial charge in [0, 0.05) is 48.5 Å². The van der Waals surface area contributed by atoms with Crippen molar-refractivity contribution < 1.29 is 18.3 Å². The van der Waals surface area contributed by atoms with Gasteiger partial charge in [-0.2, -0.15) is 0 Å². The minimum absolute atomic E-state index is 0.250. The van der Waals surface area contributed by atoms with Gasteiger partial charge in [-0.15, -0.1) is 10.2 Å². The minimum atomic E-state index is -1.10. The minimum Gasteiger partial charge on any atom is -0.495 e. The van der Waals surface area contributed by atoms with E-state index in [1.54, 1.807) is 31.3 Å². The van der Waals surface area contributed by atoms with Crippen LogP contribution in [0.4, 0.5) is 21.7 Å². The first-order valence-electron chi connectivity index (χ1n) is 11.2. The number of rotatable bonds is 7. The quantitative estimate of drug-likeness (QED) is 0.294. The highest BCUT2D eigenvalue weighted by molar-refractivity contribution is 6.02. The molecular formula is C26H22FN7O3. The predicted molar refractivity (Wildman–Crippen MR) is 137 cm³/mol. The Morgan fingerprint density at radius 3 is 2.70 bits per heavy atom. The van der Waals surface area contributed by atoms with Crippen LogP contribution in [0.25, 0.3) is 33.6 Å². The molecule has 5 rings (SSSR count). The lowest BCUT2D eigenvalue weighted by atomic mass is 10.1. The van der Waals surface area contributed by atoms with Crippen molar-refractivity contribution in [2.75, 3.05) is 17.7 Å². The second kappa shape index (κ2) is 9.53. The summed E-state index contributed by atoms with van der Waals surface area (Å²) in [7, 11) is 3.46. The first kappa shape index (κ1) is 23.7. The van der Waals surface area contributed by atoms with E-state index >= 15 is 0 Å². The molecule has 0 unspecified atom stereocenters. The smallest absolute Gasteiger partial charge is 0.283 e. The fraction of sp³-hybridized carbons (Fsp3) is 0.115. The third-order valence-electron chi connectivity index (χ3n) is 5.65. The Balaban J connectivity index is 1.61. The molecule has 10 nitrogen and oxygen atoms in total. The highest BCUT2D eigenvalue weighted by Gasteiger charge is 2.20. The Morgan fingerprint density at radius 1 is 1.16 bits per heavy atom. The van der Waals surface area contributed by atoms with E-state index in [9.17, 15) is 9.18 Å². The van der Waals surface area contributed by atoms with Gasteiger partial charge in [0.2, 0.25) is 11.8 Å². The number of amides is 1. The van der Waals surface area contributed by atoms with Crippen molar-refractivity contribution in [3.05, 3.63) is 73.2 Å². The normalized spacial score (nSPS) is 10.9. The topological polar surface area (TPSA) is 120 Å². The molecule has 0 aliphatic carbocycles. The fourth-order valence-corrected chi connectivity index (χ4v) is 3.94. The molecule has 0 spiro atoms. The highest BCUT2D eigenvalue weighted by atomic mass is 19.1. The van der Waals surface area contributed by atoms with Crippen molar-refractivity contribution in [3.63, 3.8) is 0 Å². The summed E-state index contributed by atoms with van der Waals surface area (Å²) in [6.07, 6.45) is 3.58. The highest BCUT2D eigenvalue weighted by Crippen LogP contribution is 2.37. The van der Waals surface area contributed by atoms with Crippen LogP contribution in [0, 0.1) is 6.92 Å². The summed E-state index contributed by atoms with van der Waals surface area (Å²) in [5.74, 6) is -0.616. The molecule has 0 fully saturated rings. The van der Waals surface area contributed by atoms with Crippen molar-refractivity contribution in [1.82, 2.24) is 24.7 Å². The van der Waals surface area contributed by atoms with Crippen molar-refractivity contribution >= 4 is 34.1 Å². The van der Waals surface area contributed by atoms with E-state index in [2.05, 4.69) is 32.4 Å². The number of anilines is 3. The zero-order valence-electron chi connectivity index (χ0n) is 20.2. The van der Waals surface area contributed by atoms with Crippen LogP contribution in [0.1, 0.15) is 5.89 Å². The van der Waals surface area contributed by atoms with Gasteiger partial charge in [0.1, 0.15) is 5.75 Å². The Bertz CT molecular complexity index is 1660. The molecule has 1 amide bonds. The van der Waals surface area contributed by atoms with Crippen LogP contribution in [0.2, 0.25) is 0 Å². The number of methoxy groups -OCH3 is 1. The van der Waals surface area contributed by atoms with Gasteiger partial charge in [0.05, 0.1) is 24.1 Å². The average molecular weight is 500 g/mol. The molecule has 0 atom stereocenters. The number of ether oxygens (including phenoxy) is 1. The Kier molecular flexibility index (Phi) is 6.10. The lowest BCUT2D eigenvalue weighted by Gasteiger charge is -2.14. The number of nitrogens with one attached hydrogen (secondary N) is 2. The monoisotopic (exact) mass is 499 g/mol. The largest absolute Gasteiger partial charge is 0.495 e. The SMILES string of the molecule is C=C(F)C(=O)Nc1ccc(OC)c(Nc2ncc(-c3nnc(C)o3)c(-c3cn(C)c4ccccc34)n2)c1. The summed E-state index contributed by atoms with van der Waals surface area (Å²) in [6.45, 7) is 4.72. The number of para-hydroxylation sites is 1. The molecule has 0 aliphatic heterocycles. The van der Waals surface area contributed by atoms with E-state index in [1.165, 1.54) is 7.11 Å². The molecule has 0 bridgehead atoms. The van der Waals surface area contributed by atoms with Crippen LogP contribution < -0.4 is 15.4 Å². The molecule has 0 saturated carbocycles. The van der Waals surface area contributed by atoms with Gasteiger partial charge < -0.3 is 24.4 Å². The molecule has 0 saturated heterocycles. The van der Waals surface area contributed by atoms with E-state index in [4.69, 9.17) is 14.1 Å². The zero-order chi connectivity index (χ0) is 26.1. The van der Waals surface area contributed by atoms with Gasteiger partial charge in [-0.1, -0.05) is 24.8 Å². The molecule has 3 aromatic heterocycles. The number of nitrogens with zero attached hydrogens (tertiary/aromatic N) is 5. The van der Waals surface area contributed by atoms with Gasteiger partial charge in [-0.25, -0.2) is 14.4 Å². The van der Waals surface area contributed by atoms with Crippen molar-refractivity contribution in [2.45, 2.75) is 6.92 Å². The molecule has 0 aliphatic rings. The molecule has 3 heterocycles. The number of benzene rings is 2. The van der Waals surface area contributed by atoms with E-state index in [0.29, 0.717) is 40.2 Å². The number of hydrogen-bond donors (Lipinski definition) is 2. The summed E-state index contributed by atoms with van der Waals surface area (Å²) >= 11 is 0. The lowest BCUT2D eigenvalue weighted by molar-refractivity contribution is -0.114. The van der Waals surface area contributed by atoms with Gasteiger partial charge >= 0.3 is 0 Å². The van der Waals surface area contributed by atoms with E-state index in [1.807, 2.05) is 42.1 Å². The molecule has 186 valence electrons. The van der Waals surface area contributed by atoms with Crippen LogP contribution in [-0.2, 0) is 11.8 Å². The first-order chi connectivity index (χ1) is 17.8. The van der Waals surface area contributed by atoms with Crippen LogP contribution in [0.3, 0.4) is 0 Å². The maximum absolute atomic E-state index is 13.2. The second-order valence-corrected chi connectivity index (χ2v) is 8.15.